The van der Waals surface area contributed by atoms with E-state index in [0.717, 1.165) is 22.1 Å². The van der Waals surface area contributed by atoms with E-state index < -0.39 is 0 Å². The first-order valence-corrected chi connectivity index (χ1v) is 7.83. The lowest BCUT2D eigenvalue weighted by molar-refractivity contribution is 0.346. The highest BCUT2D eigenvalue weighted by atomic mass is 79.9. The molecule has 0 saturated heterocycles. The van der Waals surface area contributed by atoms with Gasteiger partial charge in [-0.3, -0.25) is 4.79 Å². The topological polar surface area (TPSA) is 25.2 Å². The molecule has 0 aliphatic rings. The van der Waals surface area contributed by atoms with Gasteiger partial charge in [-0.2, -0.15) is 0 Å². The number of hydrogen-bond acceptors (Lipinski definition) is 2. The van der Waals surface area contributed by atoms with Crippen LogP contribution < -0.4 is 5.56 Å². The van der Waals surface area contributed by atoms with Gasteiger partial charge in [0.25, 0.3) is 5.56 Å². The summed E-state index contributed by atoms with van der Waals surface area (Å²) in [5.41, 5.74) is 2.10. The first-order valence-electron chi connectivity index (χ1n) is 6.66. The van der Waals surface area contributed by atoms with E-state index in [1.54, 1.807) is 10.6 Å². The summed E-state index contributed by atoms with van der Waals surface area (Å²) >= 11 is 9.51. The number of aryl methyl sites for hydroxylation is 1. The molecule has 1 atom stereocenters. The second kappa shape index (κ2) is 6.77. The molecule has 0 amide bonds. The van der Waals surface area contributed by atoms with Crippen molar-refractivity contribution in [2.45, 2.75) is 13.0 Å². The van der Waals surface area contributed by atoms with Gasteiger partial charge < -0.3 is 9.47 Å². The van der Waals surface area contributed by atoms with Gasteiger partial charge in [0.05, 0.1) is 6.04 Å². The summed E-state index contributed by atoms with van der Waals surface area (Å²) in [6, 6.07) is 9.31. The highest BCUT2D eigenvalue weighted by molar-refractivity contribution is 9.10. The SMILES string of the molecule is Cc1cc(Cl)cc(C(CN(C)C)n2ccc(Br)cc2=O)c1. The minimum atomic E-state index is -0.0713. The fraction of sp³-hybridized carbons (Fsp3) is 0.312. The Morgan fingerprint density at radius 1 is 1.29 bits per heavy atom. The molecule has 0 aliphatic heterocycles. The van der Waals surface area contributed by atoms with Gasteiger partial charge in [-0.05, 0) is 50.3 Å². The fourth-order valence-corrected chi connectivity index (χ4v) is 2.99. The summed E-state index contributed by atoms with van der Waals surface area (Å²) in [6.07, 6.45) is 1.82. The van der Waals surface area contributed by atoms with Crippen molar-refractivity contribution in [3.8, 4) is 0 Å². The third-order valence-electron chi connectivity index (χ3n) is 3.23. The second-order valence-corrected chi connectivity index (χ2v) is 6.78. The van der Waals surface area contributed by atoms with Gasteiger partial charge in [-0.15, -0.1) is 0 Å². The van der Waals surface area contributed by atoms with Crippen LogP contribution in [0, 0.1) is 6.92 Å². The van der Waals surface area contributed by atoms with Crippen molar-refractivity contribution in [2.24, 2.45) is 0 Å². The standard InChI is InChI=1S/C16H18BrClN2O/c1-11-6-12(8-14(18)7-11)15(10-19(2)3)20-5-4-13(17)9-16(20)21/h4-9,15H,10H2,1-3H3. The Bertz CT molecular complexity index is 677. The highest BCUT2D eigenvalue weighted by Gasteiger charge is 2.17. The second-order valence-electron chi connectivity index (χ2n) is 5.43. The van der Waals surface area contributed by atoms with Crippen LogP contribution in [-0.2, 0) is 0 Å². The largest absolute Gasteiger partial charge is 0.307 e. The third kappa shape index (κ3) is 4.19. The van der Waals surface area contributed by atoms with Gasteiger partial charge >= 0.3 is 0 Å². The third-order valence-corrected chi connectivity index (χ3v) is 3.94. The number of rotatable bonds is 4. The number of pyridine rings is 1. The Morgan fingerprint density at radius 2 is 2.00 bits per heavy atom. The summed E-state index contributed by atoms with van der Waals surface area (Å²) in [5.74, 6) is 0. The summed E-state index contributed by atoms with van der Waals surface area (Å²) < 4.78 is 2.53. The first-order chi connectivity index (χ1) is 9.86. The van der Waals surface area contributed by atoms with Crippen molar-refractivity contribution in [2.75, 3.05) is 20.6 Å². The summed E-state index contributed by atoms with van der Waals surface area (Å²) in [6.45, 7) is 2.73. The van der Waals surface area contributed by atoms with Crippen molar-refractivity contribution in [1.82, 2.24) is 9.47 Å². The van der Waals surface area contributed by atoms with Gasteiger partial charge in [0, 0.05) is 28.3 Å². The Morgan fingerprint density at radius 3 is 2.57 bits per heavy atom. The number of halogens is 2. The summed E-state index contributed by atoms with van der Waals surface area (Å²) in [7, 11) is 3.99. The molecule has 1 aromatic carbocycles. The van der Waals surface area contributed by atoms with Crippen LogP contribution in [0.25, 0.3) is 0 Å². The van der Waals surface area contributed by atoms with Crippen molar-refractivity contribution < 1.29 is 0 Å². The van der Waals surface area contributed by atoms with Crippen molar-refractivity contribution in [3.63, 3.8) is 0 Å². The van der Waals surface area contributed by atoms with Crippen molar-refractivity contribution in [1.29, 1.82) is 0 Å². The molecule has 21 heavy (non-hydrogen) atoms. The molecule has 0 fully saturated rings. The molecular formula is C16H18BrClN2O. The fourth-order valence-electron chi connectivity index (χ4n) is 2.38. The Kier molecular flexibility index (Phi) is 5.25. The lowest BCUT2D eigenvalue weighted by Gasteiger charge is -2.24. The minimum absolute atomic E-state index is 0.0335. The van der Waals surface area contributed by atoms with Crippen LogP contribution in [0.5, 0.6) is 0 Å². The van der Waals surface area contributed by atoms with E-state index in [1.165, 1.54) is 0 Å². The molecule has 0 N–H and O–H groups in total. The van der Waals surface area contributed by atoms with E-state index in [4.69, 9.17) is 11.6 Å². The lowest BCUT2D eigenvalue weighted by atomic mass is 10.0. The summed E-state index contributed by atoms with van der Waals surface area (Å²) in [5, 5.41) is 0.693. The van der Waals surface area contributed by atoms with Gasteiger partial charge in [0.2, 0.25) is 0 Å². The van der Waals surface area contributed by atoms with Crippen LogP contribution in [0.1, 0.15) is 17.2 Å². The van der Waals surface area contributed by atoms with Crippen LogP contribution in [0.2, 0.25) is 5.02 Å². The lowest BCUT2D eigenvalue weighted by Crippen LogP contribution is -2.32. The van der Waals surface area contributed by atoms with Crippen LogP contribution in [0.3, 0.4) is 0 Å². The number of benzene rings is 1. The molecule has 112 valence electrons. The predicted molar refractivity (Wildman–Crippen MR) is 91.3 cm³/mol. The molecule has 1 unspecified atom stereocenters. The van der Waals surface area contributed by atoms with Gasteiger partial charge in [0.15, 0.2) is 0 Å². The quantitative estimate of drug-likeness (QED) is 0.820. The van der Waals surface area contributed by atoms with Crippen molar-refractivity contribution >= 4 is 27.5 Å². The number of likely N-dealkylation sites (N-methyl/N-ethyl adjacent to an activating group) is 1. The Hall–Kier alpha value is -1.10. The predicted octanol–water partition coefficient (Wildman–Crippen LogP) is 3.72. The molecule has 3 nitrogen and oxygen atoms in total. The van der Waals surface area contributed by atoms with Crippen LogP contribution in [0.15, 0.2) is 45.8 Å². The zero-order chi connectivity index (χ0) is 15.6. The van der Waals surface area contributed by atoms with Crippen molar-refractivity contribution in [3.05, 3.63) is 67.5 Å². The molecule has 0 spiro atoms. The van der Waals surface area contributed by atoms with E-state index in [9.17, 15) is 4.79 Å². The number of aromatic nitrogens is 1. The molecule has 0 bridgehead atoms. The minimum Gasteiger partial charge on any atom is -0.307 e. The number of nitrogens with zero attached hydrogens (tertiary/aromatic N) is 2. The van der Waals surface area contributed by atoms with Gasteiger partial charge in [-0.1, -0.05) is 33.6 Å². The molecule has 1 aromatic heterocycles. The number of hydrogen-bond donors (Lipinski definition) is 0. The van der Waals surface area contributed by atoms with E-state index in [0.29, 0.717) is 5.02 Å². The molecule has 2 rings (SSSR count). The maximum atomic E-state index is 12.3. The zero-order valence-electron chi connectivity index (χ0n) is 12.3. The van der Waals surface area contributed by atoms with E-state index >= 15 is 0 Å². The van der Waals surface area contributed by atoms with Crippen LogP contribution >= 0.6 is 27.5 Å². The van der Waals surface area contributed by atoms with Gasteiger partial charge in [0.1, 0.15) is 0 Å². The average molecular weight is 370 g/mol. The van der Waals surface area contributed by atoms with E-state index in [2.05, 4.69) is 26.9 Å². The molecule has 0 saturated carbocycles. The first kappa shape index (κ1) is 16.3. The molecule has 2 aromatic rings. The maximum Gasteiger partial charge on any atom is 0.252 e. The molecule has 0 aliphatic carbocycles. The van der Waals surface area contributed by atoms with E-state index in [-0.39, 0.29) is 11.6 Å². The zero-order valence-corrected chi connectivity index (χ0v) is 14.6. The molecular weight excluding hydrogens is 352 g/mol. The van der Waals surface area contributed by atoms with Crippen LogP contribution in [0.4, 0.5) is 0 Å². The van der Waals surface area contributed by atoms with Crippen LogP contribution in [-0.4, -0.2) is 30.1 Å². The molecule has 1 heterocycles. The monoisotopic (exact) mass is 368 g/mol. The molecule has 0 radical (unpaired) electrons. The maximum absolute atomic E-state index is 12.3. The van der Waals surface area contributed by atoms with E-state index in [1.807, 2.05) is 45.4 Å². The average Bonchev–Trinajstić information content (AvgIpc) is 2.35. The normalized spacial score (nSPS) is 12.7. The molecule has 5 heteroatoms. The summed E-state index contributed by atoms with van der Waals surface area (Å²) in [4.78, 5) is 14.4. The Labute approximate surface area is 138 Å². The Balaban J connectivity index is 2.54. The van der Waals surface area contributed by atoms with Gasteiger partial charge in [-0.25, -0.2) is 0 Å². The highest BCUT2D eigenvalue weighted by Crippen LogP contribution is 2.23. The smallest absolute Gasteiger partial charge is 0.252 e.